The molecule has 0 saturated carbocycles. The summed E-state index contributed by atoms with van der Waals surface area (Å²) >= 11 is 0. The molecule has 80 valence electrons. The summed E-state index contributed by atoms with van der Waals surface area (Å²) in [5.41, 5.74) is 1.91. The number of nitrogens with zero attached hydrogens (tertiary/aromatic N) is 2. The molecule has 2 rings (SSSR count). The molecular weight excluding hydrogens is 192 g/mol. The quantitative estimate of drug-likeness (QED) is 0.537. The number of ether oxygens (including phenoxy) is 1. The second kappa shape index (κ2) is 3.88. The van der Waals surface area contributed by atoms with Crippen molar-refractivity contribution in [3.05, 3.63) is 29.9 Å². The number of hydrogen-bond acceptors (Lipinski definition) is 3. The van der Waals surface area contributed by atoms with Crippen LogP contribution in [-0.4, -0.2) is 22.1 Å². The van der Waals surface area contributed by atoms with Gasteiger partial charge in [-0.15, -0.1) is 0 Å². The molecule has 1 aromatic rings. The molecule has 0 aliphatic carbocycles. The van der Waals surface area contributed by atoms with Gasteiger partial charge in [0.1, 0.15) is 0 Å². The fourth-order valence-corrected chi connectivity index (χ4v) is 1.87. The Labute approximate surface area is 88.6 Å². The molecule has 1 aliphatic heterocycles. The standard InChI is InChI=1S/C11H14N2O2/c1-3-10-8(6-15-11(10)14)4-9-5-12-7-13(9)2/h3,5,7-8H,4,6H2,1-2H3/b10-3-/t8-/m0/s1. The van der Waals surface area contributed by atoms with Crippen LogP contribution in [0.1, 0.15) is 12.6 Å². The molecule has 1 saturated heterocycles. The maximum absolute atomic E-state index is 11.3. The first-order valence-corrected chi connectivity index (χ1v) is 5.01. The first-order valence-electron chi connectivity index (χ1n) is 5.01. The molecule has 2 heterocycles. The fourth-order valence-electron chi connectivity index (χ4n) is 1.87. The van der Waals surface area contributed by atoms with Crippen LogP contribution in [0.25, 0.3) is 0 Å². The summed E-state index contributed by atoms with van der Waals surface area (Å²) < 4.78 is 6.99. The Kier molecular flexibility index (Phi) is 2.58. The largest absolute Gasteiger partial charge is 0.462 e. The molecule has 4 nitrogen and oxygen atoms in total. The highest BCUT2D eigenvalue weighted by molar-refractivity contribution is 5.90. The van der Waals surface area contributed by atoms with E-state index in [1.54, 1.807) is 6.33 Å². The van der Waals surface area contributed by atoms with E-state index in [-0.39, 0.29) is 11.9 Å². The van der Waals surface area contributed by atoms with Crippen molar-refractivity contribution >= 4 is 5.97 Å². The SMILES string of the molecule is C/C=C1\C(=O)OC[C@@H]1Cc1cncn1C. The lowest BCUT2D eigenvalue weighted by molar-refractivity contribution is -0.135. The first-order chi connectivity index (χ1) is 7.22. The highest BCUT2D eigenvalue weighted by Gasteiger charge is 2.30. The molecule has 4 heteroatoms. The number of cyclic esters (lactones) is 1. The van der Waals surface area contributed by atoms with E-state index >= 15 is 0 Å². The lowest BCUT2D eigenvalue weighted by Crippen LogP contribution is -2.09. The Morgan fingerprint density at radius 2 is 2.53 bits per heavy atom. The van der Waals surface area contributed by atoms with Crippen LogP contribution >= 0.6 is 0 Å². The first kappa shape index (κ1) is 9.96. The molecule has 1 aliphatic rings. The second-order valence-corrected chi connectivity index (χ2v) is 3.74. The summed E-state index contributed by atoms with van der Waals surface area (Å²) in [6.07, 6.45) is 6.25. The van der Waals surface area contributed by atoms with E-state index in [9.17, 15) is 4.79 Å². The van der Waals surface area contributed by atoms with E-state index in [2.05, 4.69) is 4.98 Å². The Morgan fingerprint density at radius 1 is 1.73 bits per heavy atom. The molecule has 0 radical (unpaired) electrons. The number of carbonyl (C=O) groups excluding carboxylic acids is 1. The van der Waals surface area contributed by atoms with Crippen molar-refractivity contribution in [2.75, 3.05) is 6.61 Å². The van der Waals surface area contributed by atoms with Gasteiger partial charge >= 0.3 is 5.97 Å². The van der Waals surface area contributed by atoms with Gasteiger partial charge in [0, 0.05) is 30.4 Å². The zero-order chi connectivity index (χ0) is 10.8. The van der Waals surface area contributed by atoms with Crippen molar-refractivity contribution in [3.8, 4) is 0 Å². The average Bonchev–Trinajstić information content (AvgIpc) is 2.76. The maximum Gasteiger partial charge on any atom is 0.334 e. The van der Waals surface area contributed by atoms with Gasteiger partial charge in [0.05, 0.1) is 12.9 Å². The smallest absolute Gasteiger partial charge is 0.334 e. The molecule has 1 aromatic heterocycles. The minimum atomic E-state index is -0.176. The van der Waals surface area contributed by atoms with Crippen molar-refractivity contribution < 1.29 is 9.53 Å². The summed E-state index contributed by atoms with van der Waals surface area (Å²) in [4.78, 5) is 15.4. The van der Waals surface area contributed by atoms with E-state index in [1.807, 2.05) is 30.8 Å². The van der Waals surface area contributed by atoms with Crippen LogP contribution in [0.5, 0.6) is 0 Å². The molecule has 0 amide bonds. The van der Waals surface area contributed by atoms with Gasteiger partial charge in [-0.3, -0.25) is 0 Å². The van der Waals surface area contributed by atoms with Gasteiger partial charge < -0.3 is 9.30 Å². The Bertz CT molecular complexity index is 406. The zero-order valence-electron chi connectivity index (χ0n) is 8.93. The van der Waals surface area contributed by atoms with E-state index < -0.39 is 0 Å². The van der Waals surface area contributed by atoms with Crippen molar-refractivity contribution in [2.24, 2.45) is 13.0 Å². The van der Waals surface area contributed by atoms with Gasteiger partial charge in [-0.1, -0.05) is 6.08 Å². The zero-order valence-corrected chi connectivity index (χ0v) is 8.93. The predicted octanol–water partition coefficient (Wildman–Crippen LogP) is 1.08. The minimum Gasteiger partial charge on any atom is -0.462 e. The van der Waals surface area contributed by atoms with Gasteiger partial charge in [-0.25, -0.2) is 9.78 Å². The number of hydrogen-bond donors (Lipinski definition) is 0. The van der Waals surface area contributed by atoms with E-state index in [1.165, 1.54) is 0 Å². The summed E-state index contributed by atoms with van der Waals surface area (Å²) in [6, 6.07) is 0. The molecule has 1 fully saturated rings. The molecule has 0 bridgehead atoms. The lowest BCUT2D eigenvalue weighted by Gasteiger charge is -2.07. The van der Waals surface area contributed by atoms with Crippen LogP contribution < -0.4 is 0 Å². The van der Waals surface area contributed by atoms with Gasteiger partial charge in [-0.2, -0.15) is 0 Å². The number of carbonyl (C=O) groups is 1. The van der Waals surface area contributed by atoms with E-state index in [0.29, 0.717) is 6.61 Å². The summed E-state index contributed by atoms with van der Waals surface area (Å²) in [5, 5.41) is 0. The Balaban J connectivity index is 2.14. The van der Waals surface area contributed by atoms with Crippen molar-refractivity contribution in [3.63, 3.8) is 0 Å². The third-order valence-electron chi connectivity index (χ3n) is 2.77. The second-order valence-electron chi connectivity index (χ2n) is 3.74. The van der Waals surface area contributed by atoms with Gasteiger partial charge in [0.15, 0.2) is 0 Å². The van der Waals surface area contributed by atoms with Gasteiger partial charge in [-0.05, 0) is 13.3 Å². The molecular formula is C11H14N2O2. The molecule has 15 heavy (non-hydrogen) atoms. The van der Waals surface area contributed by atoms with Gasteiger partial charge in [0.25, 0.3) is 0 Å². The number of esters is 1. The topological polar surface area (TPSA) is 44.1 Å². The normalized spacial score (nSPS) is 23.5. The lowest BCUT2D eigenvalue weighted by atomic mass is 9.97. The van der Waals surface area contributed by atoms with E-state index in [4.69, 9.17) is 4.74 Å². The van der Waals surface area contributed by atoms with E-state index in [0.717, 1.165) is 17.7 Å². The summed E-state index contributed by atoms with van der Waals surface area (Å²) in [7, 11) is 1.95. The molecule has 0 N–H and O–H groups in total. The van der Waals surface area contributed by atoms with Crippen LogP contribution in [0, 0.1) is 5.92 Å². The number of rotatable bonds is 2. The van der Waals surface area contributed by atoms with Crippen molar-refractivity contribution in [1.82, 2.24) is 9.55 Å². The molecule has 0 unspecified atom stereocenters. The summed E-state index contributed by atoms with van der Waals surface area (Å²) in [6.45, 7) is 2.36. The molecule has 0 spiro atoms. The highest BCUT2D eigenvalue weighted by Crippen LogP contribution is 2.24. The predicted molar refractivity (Wildman–Crippen MR) is 55.1 cm³/mol. The number of aryl methyl sites for hydroxylation is 1. The monoisotopic (exact) mass is 206 g/mol. The number of allylic oxidation sites excluding steroid dienone is 1. The van der Waals surface area contributed by atoms with Crippen LogP contribution in [0.3, 0.4) is 0 Å². The van der Waals surface area contributed by atoms with Crippen LogP contribution in [0.15, 0.2) is 24.2 Å². The fraction of sp³-hybridized carbons (Fsp3) is 0.455. The third kappa shape index (κ3) is 1.79. The molecule has 1 atom stereocenters. The van der Waals surface area contributed by atoms with Crippen LogP contribution in [0.2, 0.25) is 0 Å². The van der Waals surface area contributed by atoms with Crippen LogP contribution in [0.4, 0.5) is 0 Å². The maximum atomic E-state index is 11.3. The van der Waals surface area contributed by atoms with Crippen molar-refractivity contribution in [2.45, 2.75) is 13.3 Å². The molecule has 0 aromatic carbocycles. The third-order valence-corrected chi connectivity index (χ3v) is 2.77. The number of imidazole rings is 1. The highest BCUT2D eigenvalue weighted by atomic mass is 16.5. The Hall–Kier alpha value is -1.58. The van der Waals surface area contributed by atoms with Crippen LogP contribution in [-0.2, 0) is 23.0 Å². The average molecular weight is 206 g/mol. The minimum absolute atomic E-state index is 0.176. The van der Waals surface area contributed by atoms with Gasteiger partial charge in [0.2, 0.25) is 0 Å². The Morgan fingerprint density at radius 3 is 3.13 bits per heavy atom. The number of aromatic nitrogens is 2. The summed E-state index contributed by atoms with van der Waals surface area (Å²) in [5.74, 6) is 0.00238. The van der Waals surface area contributed by atoms with Crippen molar-refractivity contribution in [1.29, 1.82) is 0 Å².